The number of hydrogen-bond donors (Lipinski definition) is 0. The molecule has 1 amide bonds. The second-order valence-corrected chi connectivity index (χ2v) is 5.71. The molecule has 1 aromatic carbocycles. The average Bonchev–Trinajstić information content (AvgIpc) is 3.04. The summed E-state index contributed by atoms with van der Waals surface area (Å²) in [6.45, 7) is 0.266. The Balaban J connectivity index is 1.81. The average molecular weight is 339 g/mol. The molecule has 8 heteroatoms. The first-order valence-electron chi connectivity index (χ1n) is 7.69. The van der Waals surface area contributed by atoms with Crippen LogP contribution in [0.4, 0.5) is 13.2 Å². The van der Waals surface area contributed by atoms with Crippen molar-refractivity contribution in [1.82, 2.24) is 15.0 Å². The zero-order valence-corrected chi connectivity index (χ0v) is 12.8. The number of amides is 1. The lowest BCUT2D eigenvalue weighted by Gasteiger charge is -2.33. The lowest BCUT2D eigenvalue weighted by molar-refractivity contribution is -0.164. The maximum Gasteiger partial charge on any atom is 0.397 e. The van der Waals surface area contributed by atoms with Crippen LogP contribution in [-0.4, -0.2) is 33.7 Å². The minimum absolute atomic E-state index is 0.184. The van der Waals surface area contributed by atoms with Gasteiger partial charge in [-0.1, -0.05) is 35.5 Å². The molecule has 1 saturated heterocycles. The predicted molar refractivity (Wildman–Crippen MR) is 78.7 cm³/mol. The molecule has 0 saturated carbocycles. The van der Waals surface area contributed by atoms with Crippen LogP contribution in [0.3, 0.4) is 0 Å². The normalized spacial score (nSPS) is 18.6. The summed E-state index contributed by atoms with van der Waals surface area (Å²) in [5.74, 6) is -0.407. The molecule has 5 nitrogen and oxygen atoms in total. The highest BCUT2D eigenvalue weighted by atomic mass is 19.4. The molecule has 24 heavy (non-hydrogen) atoms. The molecule has 2 aromatic rings. The van der Waals surface area contributed by atoms with Gasteiger partial charge in [-0.25, -0.2) is 0 Å². The molecule has 1 aliphatic rings. The molecule has 1 aliphatic heterocycles. The quantitative estimate of drug-likeness (QED) is 0.855. The van der Waals surface area contributed by atoms with Gasteiger partial charge in [-0.3, -0.25) is 4.79 Å². The van der Waals surface area contributed by atoms with Crippen LogP contribution >= 0.6 is 0 Å². The van der Waals surface area contributed by atoms with E-state index in [0.717, 1.165) is 12.0 Å². The monoisotopic (exact) mass is 339 g/mol. The van der Waals surface area contributed by atoms with Crippen molar-refractivity contribution in [2.24, 2.45) is 0 Å². The van der Waals surface area contributed by atoms with Crippen LogP contribution in [0.25, 0.3) is 11.4 Å². The number of alkyl halides is 3. The number of carbonyl (C=O) groups excluding carboxylic acids is 1. The maximum absolute atomic E-state index is 12.5. The molecule has 0 radical (unpaired) electrons. The topological polar surface area (TPSA) is 59.2 Å². The van der Waals surface area contributed by atoms with Gasteiger partial charge in [0.15, 0.2) is 0 Å². The smallest absolute Gasteiger partial charge is 0.337 e. The van der Waals surface area contributed by atoms with Crippen molar-refractivity contribution >= 4 is 5.91 Å². The summed E-state index contributed by atoms with van der Waals surface area (Å²) >= 11 is 0. The van der Waals surface area contributed by atoms with E-state index >= 15 is 0 Å². The SMILES string of the molecule is O=C(CC(F)(F)F)N1CCCC[C@H]1c1nc(-c2ccccc2)no1. The highest BCUT2D eigenvalue weighted by molar-refractivity contribution is 5.77. The van der Waals surface area contributed by atoms with Crippen molar-refractivity contribution in [3.05, 3.63) is 36.2 Å². The minimum atomic E-state index is -4.52. The first kappa shape index (κ1) is 16.5. The number of carbonyl (C=O) groups is 1. The van der Waals surface area contributed by atoms with Crippen molar-refractivity contribution < 1.29 is 22.5 Å². The second-order valence-electron chi connectivity index (χ2n) is 5.71. The van der Waals surface area contributed by atoms with Gasteiger partial charge in [-0.05, 0) is 19.3 Å². The number of rotatable bonds is 3. The van der Waals surface area contributed by atoms with Crippen LogP contribution in [0.15, 0.2) is 34.9 Å². The van der Waals surface area contributed by atoms with E-state index in [1.165, 1.54) is 4.90 Å². The van der Waals surface area contributed by atoms with Crippen molar-refractivity contribution in [3.8, 4) is 11.4 Å². The van der Waals surface area contributed by atoms with Gasteiger partial charge in [0.2, 0.25) is 17.6 Å². The van der Waals surface area contributed by atoms with Crippen molar-refractivity contribution in [2.45, 2.75) is 37.9 Å². The van der Waals surface area contributed by atoms with Crippen molar-refractivity contribution in [2.75, 3.05) is 6.54 Å². The van der Waals surface area contributed by atoms with Gasteiger partial charge in [0.25, 0.3) is 0 Å². The van der Waals surface area contributed by atoms with Crippen molar-refractivity contribution in [1.29, 1.82) is 0 Å². The maximum atomic E-state index is 12.5. The third kappa shape index (κ3) is 3.74. The lowest BCUT2D eigenvalue weighted by Crippen LogP contribution is -2.40. The summed E-state index contributed by atoms with van der Waals surface area (Å²) < 4.78 is 42.8. The van der Waals surface area contributed by atoms with E-state index in [-0.39, 0.29) is 12.4 Å². The molecule has 3 rings (SSSR count). The molecule has 128 valence electrons. The minimum Gasteiger partial charge on any atom is -0.337 e. The summed E-state index contributed by atoms with van der Waals surface area (Å²) in [5, 5.41) is 3.88. The lowest BCUT2D eigenvalue weighted by atomic mass is 10.0. The first-order chi connectivity index (χ1) is 11.4. The van der Waals surface area contributed by atoms with Crippen LogP contribution in [0.1, 0.15) is 37.6 Å². The molecule has 1 fully saturated rings. The van der Waals surface area contributed by atoms with Crippen LogP contribution in [0.2, 0.25) is 0 Å². The summed E-state index contributed by atoms with van der Waals surface area (Å²) in [5.41, 5.74) is 0.747. The van der Waals surface area contributed by atoms with E-state index in [1.54, 1.807) is 0 Å². The number of nitrogens with zero attached hydrogens (tertiary/aromatic N) is 3. The van der Waals surface area contributed by atoms with E-state index in [9.17, 15) is 18.0 Å². The summed E-state index contributed by atoms with van der Waals surface area (Å²) in [4.78, 5) is 17.5. The van der Waals surface area contributed by atoms with Gasteiger partial charge < -0.3 is 9.42 Å². The summed E-state index contributed by atoms with van der Waals surface area (Å²) in [6, 6.07) is 8.52. The Hall–Kier alpha value is -2.38. The molecule has 0 spiro atoms. The van der Waals surface area contributed by atoms with E-state index in [0.29, 0.717) is 18.7 Å². The van der Waals surface area contributed by atoms with E-state index < -0.39 is 24.5 Å². The van der Waals surface area contributed by atoms with Gasteiger partial charge >= 0.3 is 6.18 Å². The fourth-order valence-corrected chi connectivity index (χ4v) is 2.83. The first-order valence-corrected chi connectivity index (χ1v) is 7.69. The molecule has 1 aromatic heterocycles. The molecular weight excluding hydrogens is 323 g/mol. The summed E-state index contributed by atoms with van der Waals surface area (Å²) in [7, 11) is 0. The fraction of sp³-hybridized carbons (Fsp3) is 0.438. The van der Waals surface area contributed by atoms with Gasteiger partial charge in [-0.15, -0.1) is 0 Å². The van der Waals surface area contributed by atoms with Gasteiger partial charge in [-0.2, -0.15) is 18.2 Å². The van der Waals surface area contributed by atoms with E-state index in [1.807, 2.05) is 30.3 Å². The highest BCUT2D eigenvalue weighted by Crippen LogP contribution is 2.33. The standard InChI is InChI=1S/C16H16F3N3O2/c17-16(18,19)10-13(23)22-9-5-4-8-12(22)15-20-14(21-24-15)11-6-2-1-3-7-11/h1-3,6-7,12H,4-5,8-10H2/t12-/m0/s1. The molecule has 1 atom stereocenters. The third-order valence-corrected chi connectivity index (χ3v) is 3.93. The zero-order chi connectivity index (χ0) is 17.2. The van der Waals surface area contributed by atoms with Crippen molar-refractivity contribution in [3.63, 3.8) is 0 Å². The summed E-state index contributed by atoms with van der Waals surface area (Å²) in [6.07, 6.45) is -4.02. The predicted octanol–water partition coefficient (Wildman–Crippen LogP) is 3.74. The Morgan fingerprint density at radius 3 is 2.71 bits per heavy atom. The Bertz CT molecular complexity index is 700. The number of hydrogen-bond acceptors (Lipinski definition) is 4. The van der Waals surface area contributed by atoms with Crippen LogP contribution in [-0.2, 0) is 4.79 Å². The van der Waals surface area contributed by atoms with Gasteiger partial charge in [0.1, 0.15) is 12.5 Å². The van der Waals surface area contributed by atoms with E-state index in [4.69, 9.17) is 4.52 Å². The molecule has 0 N–H and O–H groups in total. The number of piperidine rings is 1. The molecule has 0 bridgehead atoms. The van der Waals surface area contributed by atoms with Gasteiger partial charge in [0.05, 0.1) is 0 Å². The number of aromatic nitrogens is 2. The largest absolute Gasteiger partial charge is 0.397 e. The van der Waals surface area contributed by atoms with Crippen LogP contribution in [0.5, 0.6) is 0 Å². The third-order valence-electron chi connectivity index (χ3n) is 3.93. The number of halogens is 3. The zero-order valence-electron chi connectivity index (χ0n) is 12.8. The molecule has 0 aliphatic carbocycles. The number of benzene rings is 1. The molecule has 0 unspecified atom stereocenters. The second kappa shape index (κ2) is 6.62. The highest BCUT2D eigenvalue weighted by Gasteiger charge is 2.38. The Kier molecular flexibility index (Phi) is 4.55. The Morgan fingerprint density at radius 2 is 2.00 bits per heavy atom. The van der Waals surface area contributed by atoms with Crippen LogP contribution in [0, 0.1) is 0 Å². The Labute approximate surface area is 136 Å². The fourth-order valence-electron chi connectivity index (χ4n) is 2.83. The molecule has 2 heterocycles. The Morgan fingerprint density at radius 1 is 1.25 bits per heavy atom. The van der Waals surface area contributed by atoms with E-state index in [2.05, 4.69) is 10.1 Å². The number of likely N-dealkylation sites (tertiary alicyclic amines) is 1. The molecular formula is C16H16F3N3O2. The van der Waals surface area contributed by atoms with Crippen LogP contribution < -0.4 is 0 Å². The van der Waals surface area contributed by atoms with Gasteiger partial charge in [0, 0.05) is 12.1 Å².